The van der Waals surface area contributed by atoms with Crippen LogP contribution in [0.15, 0.2) is 24.3 Å². The number of benzene rings is 1. The molecule has 1 rings (SSSR count). The lowest BCUT2D eigenvalue weighted by Crippen LogP contribution is -2.05. The number of hydrogen-bond acceptors (Lipinski definition) is 4. The molecule has 0 aliphatic carbocycles. The van der Waals surface area contributed by atoms with Crippen molar-refractivity contribution in [3.05, 3.63) is 29.3 Å². The monoisotopic (exact) mass is 348 g/mol. The van der Waals surface area contributed by atoms with E-state index < -0.39 is 7.82 Å². The Balaban J connectivity index is 2.63. The smallest absolute Gasteiger partial charge is 0.402 e. The minimum Gasteiger partial charge on any atom is -0.402 e. The lowest BCUT2D eigenvalue weighted by molar-refractivity contribution is 0.151. The van der Waals surface area contributed by atoms with Gasteiger partial charge in [0, 0.05) is 0 Å². The van der Waals surface area contributed by atoms with Gasteiger partial charge in [-0.1, -0.05) is 63.3 Å². The highest BCUT2D eigenvalue weighted by Gasteiger charge is 2.29. The van der Waals surface area contributed by atoms with E-state index in [0.29, 0.717) is 24.0 Å². The van der Waals surface area contributed by atoms with E-state index in [1.807, 2.05) is 0 Å². The van der Waals surface area contributed by atoms with Crippen LogP contribution in [-0.2, 0) is 13.6 Å². The largest absolute Gasteiger partial charge is 0.530 e. The molecule has 0 aliphatic rings. The molecule has 0 atom stereocenters. The van der Waals surface area contributed by atoms with Gasteiger partial charge in [0.2, 0.25) is 0 Å². The Morgan fingerprint density at radius 1 is 0.955 bits per heavy atom. The van der Waals surface area contributed by atoms with Crippen LogP contribution in [0, 0.1) is 0 Å². The van der Waals surface area contributed by atoms with E-state index in [4.69, 9.17) is 25.2 Å². The molecule has 0 unspecified atom stereocenters. The Kier molecular flexibility index (Phi) is 9.81. The third-order valence-corrected chi connectivity index (χ3v) is 4.77. The summed E-state index contributed by atoms with van der Waals surface area (Å²) in [7, 11) is -3.63. The average molecular weight is 349 g/mol. The van der Waals surface area contributed by atoms with Crippen LogP contribution in [0.5, 0.6) is 5.75 Å². The van der Waals surface area contributed by atoms with Crippen LogP contribution in [0.1, 0.15) is 52.4 Å². The Morgan fingerprint density at radius 3 is 2.00 bits per heavy atom. The third kappa shape index (κ3) is 7.64. The van der Waals surface area contributed by atoms with E-state index in [2.05, 4.69) is 13.8 Å². The zero-order valence-electron chi connectivity index (χ0n) is 13.4. The molecule has 0 bridgehead atoms. The quantitative estimate of drug-likeness (QED) is 0.331. The van der Waals surface area contributed by atoms with Gasteiger partial charge >= 0.3 is 7.82 Å². The van der Waals surface area contributed by atoms with E-state index in [0.717, 1.165) is 38.5 Å². The minimum atomic E-state index is -3.63. The van der Waals surface area contributed by atoms with Crippen LogP contribution in [0.4, 0.5) is 0 Å². The molecule has 0 fully saturated rings. The molecular weight excluding hydrogens is 323 g/mol. The summed E-state index contributed by atoms with van der Waals surface area (Å²) in [5, 5.41) is 0.386. The molecule has 0 aromatic heterocycles. The summed E-state index contributed by atoms with van der Waals surface area (Å²) < 4.78 is 29.1. The maximum absolute atomic E-state index is 12.7. The summed E-state index contributed by atoms with van der Waals surface area (Å²) >= 11 is 6.04. The fraction of sp³-hybridized carbons (Fsp3) is 0.625. The van der Waals surface area contributed by atoms with E-state index >= 15 is 0 Å². The molecule has 1 aromatic rings. The van der Waals surface area contributed by atoms with Gasteiger partial charge in [-0.25, -0.2) is 4.57 Å². The van der Waals surface area contributed by atoms with Crippen molar-refractivity contribution in [2.75, 3.05) is 13.2 Å². The zero-order chi connectivity index (χ0) is 16.3. The molecule has 0 saturated heterocycles. The maximum Gasteiger partial charge on any atom is 0.530 e. The van der Waals surface area contributed by atoms with Gasteiger partial charge in [-0.2, -0.15) is 0 Å². The van der Waals surface area contributed by atoms with Crippen molar-refractivity contribution >= 4 is 19.4 Å². The molecule has 0 amide bonds. The third-order valence-electron chi connectivity index (χ3n) is 3.04. The van der Waals surface area contributed by atoms with Crippen LogP contribution in [-0.4, -0.2) is 13.2 Å². The van der Waals surface area contributed by atoms with E-state index in [1.54, 1.807) is 24.3 Å². The second-order valence-corrected chi connectivity index (χ2v) is 7.05. The van der Waals surface area contributed by atoms with Crippen LogP contribution in [0.3, 0.4) is 0 Å². The summed E-state index contributed by atoms with van der Waals surface area (Å²) in [5.41, 5.74) is 0. The molecule has 0 saturated carbocycles. The average Bonchev–Trinajstić information content (AvgIpc) is 2.51. The highest BCUT2D eigenvalue weighted by Crippen LogP contribution is 2.51. The number of para-hydroxylation sites is 1. The lowest BCUT2D eigenvalue weighted by atomic mass is 10.3. The molecule has 1 aromatic carbocycles. The number of halogens is 1. The molecule has 0 radical (unpaired) electrons. The van der Waals surface area contributed by atoms with Gasteiger partial charge in [-0.05, 0) is 25.0 Å². The summed E-state index contributed by atoms with van der Waals surface area (Å²) in [5.74, 6) is 0.318. The molecule has 0 heterocycles. The predicted molar refractivity (Wildman–Crippen MR) is 90.6 cm³/mol. The Morgan fingerprint density at radius 2 is 1.50 bits per heavy atom. The molecule has 4 nitrogen and oxygen atoms in total. The molecular formula is C16H26ClO4P. The van der Waals surface area contributed by atoms with Crippen molar-refractivity contribution in [2.45, 2.75) is 52.4 Å². The van der Waals surface area contributed by atoms with Crippen molar-refractivity contribution in [1.29, 1.82) is 0 Å². The van der Waals surface area contributed by atoms with Crippen LogP contribution >= 0.6 is 19.4 Å². The summed E-state index contributed by atoms with van der Waals surface area (Å²) in [6.45, 7) is 4.90. The first-order valence-electron chi connectivity index (χ1n) is 7.94. The Bertz CT molecular complexity index is 451. The normalized spacial score (nSPS) is 11.6. The van der Waals surface area contributed by atoms with Crippen LogP contribution in [0.2, 0.25) is 5.02 Å². The first kappa shape index (κ1) is 19.5. The molecule has 126 valence electrons. The fourth-order valence-corrected chi connectivity index (χ4v) is 3.30. The van der Waals surface area contributed by atoms with Gasteiger partial charge in [0.25, 0.3) is 0 Å². The molecule has 0 spiro atoms. The van der Waals surface area contributed by atoms with Crippen molar-refractivity contribution in [2.24, 2.45) is 0 Å². The minimum absolute atomic E-state index is 0.318. The van der Waals surface area contributed by atoms with E-state index in [-0.39, 0.29) is 0 Å². The van der Waals surface area contributed by atoms with Gasteiger partial charge in [-0.15, -0.1) is 0 Å². The van der Waals surface area contributed by atoms with Crippen molar-refractivity contribution < 1.29 is 18.1 Å². The maximum atomic E-state index is 12.7. The summed E-state index contributed by atoms with van der Waals surface area (Å²) in [6.07, 6.45) is 5.81. The lowest BCUT2D eigenvalue weighted by Gasteiger charge is -2.19. The van der Waals surface area contributed by atoms with Crippen LogP contribution in [0.25, 0.3) is 0 Å². The fourth-order valence-electron chi connectivity index (χ4n) is 1.79. The Labute approximate surface area is 138 Å². The number of phosphoric acid groups is 1. The molecule has 0 N–H and O–H groups in total. The predicted octanol–water partition coefficient (Wildman–Crippen LogP) is 6.24. The second kappa shape index (κ2) is 11.1. The number of phosphoric ester groups is 1. The van der Waals surface area contributed by atoms with Gasteiger partial charge in [0.1, 0.15) is 5.75 Å². The van der Waals surface area contributed by atoms with Gasteiger partial charge in [0.15, 0.2) is 0 Å². The van der Waals surface area contributed by atoms with E-state index in [1.165, 1.54) is 0 Å². The SMILES string of the molecule is CCCCCOP(=O)(OCCCCC)Oc1ccccc1Cl. The molecule has 0 aliphatic heterocycles. The highest BCUT2D eigenvalue weighted by molar-refractivity contribution is 7.48. The molecule has 6 heteroatoms. The molecule has 22 heavy (non-hydrogen) atoms. The summed E-state index contributed by atoms with van der Waals surface area (Å²) in [6, 6.07) is 6.87. The number of rotatable bonds is 12. The Hall–Kier alpha value is -0.540. The van der Waals surface area contributed by atoms with Crippen molar-refractivity contribution in [3.8, 4) is 5.75 Å². The van der Waals surface area contributed by atoms with Crippen LogP contribution < -0.4 is 4.52 Å². The van der Waals surface area contributed by atoms with Gasteiger partial charge < -0.3 is 4.52 Å². The number of hydrogen-bond donors (Lipinski definition) is 0. The van der Waals surface area contributed by atoms with Crippen molar-refractivity contribution in [1.82, 2.24) is 0 Å². The van der Waals surface area contributed by atoms with E-state index in [9.17, 15) is 4.57 Å². The number of unbranched alkanes of at least 4 members (excludes halogenated alkanes) is 4. The first-order chi connectivity index (χ1) is 10.6. The second-order valence-electron chi connectivity index (χ2n) is 5.05. The zero-order valence-corrected chi connectivity index (χ0v) is 15.1. The van der Waals surface area contributed by atoms with Crippen molar-refractivity contribution in [3.63, 3.8) is 0 Å². The van der Waals surface area contributed by atoms with Gasteiger partial charge in [0.05, 0.1) is 18.2 Å². The topological polar surface area (TPSA) is 44.8 Å². The summed E-state index contributed by atoms with van der Waals surface area (Å²) in [4.78, 5) is 0. The highest BCUT2D eigenvalue weighted by atomic mass is 35.5. The standard InChI is InChI=1S/C16H26ClO4P/c1-3-5-9-13-19-22(18,20-14-10-6-4-2)21-16-12-8-7-11-15(16)17/h7-8,11-12H,3-6,9-10,13-14H2,1-2H3. The van der Waals surface area contributed by atoms with Gasteiger partial charge in [-0.3, -0.25) is 9.05 Å². The first-order valence-corrected chi connectivity index (χ1v) is 9.78.